The summed E-state index contributed by atoms with van der Waals surface area (Å²) in [5.74, 6) is -0.395. The zero-order valence-electron chi connectivity index (χ0n) is 10.7. The van der Waals surface area contributed by atoms with E-state index >= 15 is 0 Å². The molecule has 2 N–H and O–H groups in total. The minimum Gasteiger partial charge on any atom is -0.366 e. The largest absolute Gasteiger partial charge is 0.366 e. The Labute approximate surface area is 125 Å². The molecule has 3 aromatic rings. The van der Waals surface area contributed by atoms with Gasteiger partial charge in [-0.25, -0.2) is 0 Å². The number of halogens is 1. The van der Waals surface area contributed by atoms with Crippen LogP contribution in [0.15, 0.2) is 59.2 Å². The van der Waals surface area contributed by atoms with Gasteiger partial charge in [-0.1, -0.05) is 28.1 Å². The number of rotatable bonds is 3. The van der Waals surface area contributed by atoms with Crippen molar-refractivity contribution < 1.29 is 4.79 Å². The first-order chi connectivity index (χ1) is 9.63. The van der Waals surface area contributed by atoms with Gasteiger partial charge < -0.3 is 10.3 Å². The number of aromatic nitrogens is 1. The summed E-state index contributed by atoms with van der Waals surface area (Å²) in [6, 6.07) is 15.7. The van der Waals surface area contributed by atoms with Crippen molar-refractivity contribution >= 4 is 32.7 Å². The number of primary amides is 1. The fraction of sp³-hybridized carbons (Fsp3) is 0.0625. The van der Waals surface area contributed by atoms with Gasteiger partial charge in [0.2, 0.25) is 5.91 Å². The van der Waals surface area contributed by atoms with Crippen LogP contribution in [0.25, 0.3) is 10.9 Å². The second-order valence-electron chi connectivity index (χ2n) is 4.71. The van der Waals surface area contributed by atoms with E-state index in [0.717, 1.165) is 15.6 Å². The zero-order valence-corrected chi connectivity index (χ0v) is 12.3. The van der Waals surface area contributed by atoms with Crippen LogP contribution in [-0.4, -0.2) is 10.5 Å². The molecule has 0 bridgehead atoms. The van der Waals surface area contributed by atoms with Crippen molar-refractivity contribution in [2.45, 2.75) is 6.54 Å². The van der Waals surface area contributed by atoms with E-state index in [-0.39, 0.29) is 0 Å². The summed E-state index contributed by atoms with van der Waals surface area (Å²) in [4.78, 5) is 11.2. The van der Waals surface area contributed by atoms with E-state index in [9.17, 15) is 4.79 Å². The molecular weight excluding hydrogens is 316 g/mol. The Morgan fingerprint density at radius 2 is 2.00 bits per heavy atom. The number of amides is 1. The van der Waals surface area contributed by atoms with Crippen LogP contribution >= 0.6 is 15.9 Å². The molecule has 20 heavy (non-hydrogen) atoms. The summed E-state index contributed by atoms with van der Waals surface area (Å²) in [7, 11) is 0. The van der Waals surface area contributed by atoms with Crippen LogP contribution in [0.2, 0.25) is 0 Å². The van der Waals surface area contributed by atoms with Gasteiger partial charge in [0.1, 0.15) is 0 Å². The lowest BCUT2D eigenvalue weighted by Gasteiger charge is -2.07. The third-order valence-electron chi connectivity index (χ3n) is 3.30. The normalized spacial score (nSPS) is 10.8. The minimum absolute atomic E-state index is 0.395. The predicted molar refractivity (Wildman–Crippen MR) is 83.7 cm³/mol. The first-order valence-corrected chi connectivity index (χ1v) is 7.06. The molecule has 100 valence electrons. The summed E-state index contributed by atoms with van der Waals surface area (Å²) in [5, 5.41) is 1.19. The van der Waals surface area contributed by atoms with Gasteiger partial charge in [-0.3, -0.25) is 4.79 Å². The highest BCUT2D eigenvalue weighted by molar-refractivity contribution is 9.10. The standard InChI is InChI=1S/C16H13BrN2O/c17-14-4-5-15-12(9-14)6-7-19(15)10-11-2-1-3-13(8-11)16(18)20/h1-9H,10H2,(H2,18,20). The number of carbonyl (C=O) groups is 1. The number of hydrogen-bond acceptors (Lipinski definition) is 1. The van der Waals surface area contributed by atoms with Gasteiger partial charge in [-0.2, -0.15) is 0 Å². The highest BCUT2D eigenvalue weighted by atomic mass is 79.9. The number of nitrogens with two attached hydrogens (primary N) is 1. The van der Waals surface area contributed by atoms with Crippen LogP contribution in [-0.2, 0) is 6.54 Å². The molecule has 1 aromatic heterocycles. The average molecular weight is 329 g/mol. The monoisotopic (exact) mass is 328 g/mol. The van der Waals surface area contributed by atoms with Crippen molar-refractivity contribution in [2.24, 2.45) is 5.73 Å². The van der Waals surface area contributed by atoms with Crippen LogP contribution in [0, 0.1) is 0 Å². The number of hydrogen-bond donors (Lipinski definition) is 1. The van der Waals surface area contributed by atoms with Gasteiger partial charge in [-0.05, 0) is 42.0 Å². The number of benzene rings is 2. The van der Waals surface area contributed by atoms with Crippen LogP contribution in [0.3, 0.4) is 0 Å². The first kappa shape index (κ1) is 12.9. The quantitative estimate of drug-likeness (QED) is 0.785. The molecule has 0 saturated carbocycles. The average Bonchev–Trinajstić information content (AvgIpc) is 2.81. The van der Waals surface area contributed by atoms with E-state index in [0.29, 0.717) is 12.1 Å². The van der Waals surface area contributed by atoms with E-state index in [4.69, 9.17) is 5.73 Å². The summed E-state index contributed by atoms with van der Waals surface area (Å²) >= 11 is 3.47. The molecule has 0 aliphatic rings. The maximum absolute atomic E-state index is 11.2. The molecule has 1 amide bonds. The van der Waals surface area contributed by atoms with Crippen molar-refractivity contribution in [2.75, 3.05) is 0 Å². The number of carbonyl (C=O) groups excluding carboxylic acids is 1. The molecule has 0 atom stereocenters. The lowest BCUT2D eigenvalue weighted by atomic mass is 10.1. The van der Waals surface area contributed by atoms with E-state index < -0.39 is 5.91 Å². The summed E-state index contributed by atoms with van der Waals surface area (Å²) in [5.41, 5.74) is 8.08. The Balaban J connectivity index is 1.97. The zero-order chi connectivity index (χ0) is 14.1. The van der Waals surface area contributed by atoms with E-state index in [1.165, 1.54) is 5.39 Å². The summed E-state index contributed by atoms with van der Waals surface area (Å²) in [6.45, 7) is 0.715. The van der Waals surface area contributed by atoms with Crippen LogP contribution in [0.5, 0.6) is 0 Å². The van der Waals surface area contributed by atoms with Gasteiger partial charge in [0, 0.05) is 33.7 Å². The van der Waals surface area contributed by atoms with Gasteiger partial charge in [0.05, 0.1) is 0 Å². The fourth-order valence-corrected chi connectivity index (χ4v) is 2.71. The van der Waals surface area contributed by atoms with Gasteiger partial charge in [-0.15, -0.1) is 0 Å². The van der Waals surface area contributed by atoms with Crippen molar-refractivity contribution in [3.8, 4) is 0 Å². The number of fused-ring (bicyclic) bond motifs is 1. The molecule has 0 unspecified atom stereocenters. The number of nitrogens with zero attached hydrogens (tertiary/aromatic N) is 1. The van der Waals surface area contributed by atoms with E-state index in [2.05, 4.69) is 38.7 Å². The molecule has 0 fully saturated rings. The Kier molecular flexibility index (Phi) is 3.32. The fourth-order valence-electron chi connectivity index (χ4n) is 2.33. The Morgan fingerprint density at radius 3 is 2.80 bits per heavy atom. The summed E-state index contributed by atoms with van der Waals surface area (Å²) in [6.07, 6.45) is 2.05. The smallest absolute Gasteiger partial charge is 0.248 e. The highest BCUT2D eigenvalue weighted by Gasteiger charge is 2.05. The molecule has 0 aliphatic heterocycles. The maximum Gasteiger partial charge on any atom is 0.248 e. The van der Waals surface area contributed by atoms with Crippen molar-refractivity contribution in [1.82, 2.24) is 4.57 Å². The molecule has 3 rings (SSSR count). The van der Waals surface area contributed by atoms with E-state index in [1.807, 2.05) is 30.5 Å². The third kappa shape index (κ3) is 2.47. The SMILES string of the molecule is NC(=O)c1cccc(Cn2ccc3cc(Br)ccc32)c1. The Bertz CT molecular complexity index is 792. The van der Waals surface area contributed by atoms with Crippen LogP contribution in [0.1, 0.15) is 15.9 Å². The van der Waals surface area contributed by atoms with E-state index in [1.54, 1.807) is 6.07 Å². The summed E-state index contributed by atoms with van der Waals surface area (Å²) < 4.78 is 3.22. The molecule has 0 saturated heterocycles. The first-order valence-electron chi connectivity index (χ1n) is 6.26. The second kappa shape index (κ2) is 5.13. The van der Waals surface area contributed by atoms with Crippen molar-refractivity contribution in [3.63, 3.8) is 0 Å². The maximum atomic E-state index is 11.2. The van der Waals surface area contributed by atoms with Crippen LogP contribution in [0.4, 0.5) is 0 Å². The molecule has 2 aromatic carbocycles. The predicted octanol–water partition coefficient (Wildman–Crippen LogP) is 3.55. The molecule has 0 spiro atoms. The molecule has 0 aliphatic carbocycles. The lowest BCUT2D eigenvalue weighted by molar-refractivity contribution is 0.1000. The topological polar surface area (TPSA) is 48.0 Å². The Hall–Kier alpha value is -2.07. The minimum atomic E-state index is -0.395. The molecule has 3 nitrogen and oxygen atoms in total. The molecular formula is C16H13BrN2O. The lowest BCUT2D eigenvalue weighted by Crippen LogP contribution is -2.11. The van der Waals surface area contributed by atoms with Crippen molar-refractivity contribution in [1.29, 1.82) is 0 Å². The Morgan fingerprint density at radius 1 is 1.15 bits per heavy atom. The van der Waals surface area contributed by atoms with Gasteiger partial charge in [0.25, 0.3) is 0 Å². The van der Waals surface area contributed by atoms with Gasteiger partial charge in [0.15, 0.2) is 0 Å². The third-order valence-corrected chi connectivity index (χ3v) is 3.79. The van der Waals surface area contributed by atoms with Gasteiger partial charge >= 0.3 is 0 Å². The second-order valence-corrected chi connectivity index (χ2v) is 5.63. The molecule has 0 radical (unpaired) electrons. The molecule has 1 heterocycles. The highest BCUT2D eigenvalue weighted by Crippen LogP contribution is 2.21. The molecule has 4 heteroatoms. The van der Waals surface area contributed by atoms with Crippen molar-refractivity contribution in [3.05, 3.63) is 70.3 Å². The van der Waals surface area contributed by atoms with Crippen LogP contribution < -0.4 is 5.73 Å².